The van der Waals surface area contributed by atoms with E-state index in [-0.39, 0.29) is 6.04 Å². The van der Waals surface area contributed by atoms with Crippen LogP contribution in [-0.2, 0) is 6.42 Å². The molecular weight excluding hydrogens is 138 g/mol. The molecule has 11 heavy (non-hydrogen) atoms. The van der Waals surface area contributed by atoms with Crippen molar-refractivity contribution in [1.29, 1.82) is 0 Å². The third-order valence-electron chi connectivity index (χ3n) is 1.63. The second-order valence-corrected chi connectivity index (χ2v) is 2.84. The molecule has 1 heterocycles. The number of aryl methyl sites for hydroxylation is 1. The fourth-order valence-corrected chi connectivity index (χ4v) is 1.02. The topological polar surface area (TPSA) is 39.2 Å². The van der Waals surface area contributed by atoms with E-state index in [9.17, 15) is 0 Å². The van der Waals surface area contributed by atoms with Crippen LogP contribution in [0.5, 0.6) is 0 Å². The standard InChI is InChI=1S/C9H15NO/c1-3-4-8-5-6-9(11-8)7(2)10/h5-7H,3-4,10H2,1-2H3/t7-/m0/s1. The lowest BCUT2D eigenvalue weighted by Crippen LogP contribution is -2.02. The number of hydrogen-bond donors (Lipinski definition) is 1. The van der Waals surface area contributed by atoms with E-state index in [1.807, 2.05) is 19.1 Å². The molecule has 1 aromatic heterocycles. The van der Waals surface area contributed by atoms with Crippen LogP contribution in [0.4, 0.5) is 0 Å². The molecule has 0 aliphatic heterocycles. The summed E-state index contributed by atoms with van der Waals surface area (Å²) in [5, 5.41) is 0. The number of hydrogen-bond acceptors (Lipinski definition) is 2. The minimum Gasteiger partial charge on any atom is -0.464 e. The van der Waals surface area contributed by atoms with Gasteiger partial charge in [-0.05, 0) is 25.5 Å². The fraction of sp³-hybridized carbons (Fsp3) is 0.556. The number of furan rings is 1. The summed E-state index contributed by atoms with van der Waals surface area (Å²) >= 11 is 0. The van der Waals surface area contributed by atoms with E-state index in [0.29, 0.717) is 0 Å². The van der Waals surface area contributed by atoms with Gasteiger partial charge in [0, 0.05) is 6.42 Å². The van der Waals surface area contributed by atoms with E-state index in [2.05, 4.69) is 6.92 Å². The first-order valence-corrected chi connectivity index (χ1v) is 4.08. The van der Waals surface area contributed by atoms with Crippen LogP contribution in [0.15, 0.2) is 16.5 Å². The molecule has 1 atom stereocenters. The molecule has 0 aliphatic carbocycles. The molecule has 0 bridgehead atoms. The van der Waals surface area contributed by atoms with Crippen LogP contribution in [0.1, 0.15) is 37.8 Å². The van der Waals surface area contributed by atoms with Gasteiger partial charge >= 0.3 is 0 Å². The summed E-state index contributed by atoms with van der Waals surface area (Å²) in [4.78, 5) is 0. The second-order valence-electron chi connectivity index (χ2n) is 2.84. The zero-order valence-electron chi connectivity index (χ0n) is 7.13. The molecule has 2 heteroatoms. The van der Waals surface area contributed by atoms with Gasteiger partial charge in [-0.15, -0.1) is 0 Å². The maximum atomic E-state index is 5.63. The van der Waals surface area contributed by atoms with Crippen molar-refractivity contribution in [3.63, 3.8) is 0 Å². The molecule has 0 aliphatic rings. The molecule has 0 aromatic carbocycles. The van der Waals surface area contributed by atoms with E-state index in [1.165, 1.54) is 0 Å². The Kier molecular flexibility index (Phi) is 2.71. The number of rotatable bonds is 3. The lowest BCUT2D eigenvalue weighted by molar-refractivity contribution is 0.440. The van der Waals surface area contributed by atoms with Gasteiger partial charge in [-0.3, -0.25) is 0 Å². The van der Waals surface area contributed by atoms with Gasteiger partial charge in [0.05, 0.1) is 6.04 Å². The predicted molar refractivity (Wildman–Crippen MR) is 45.3 cm³/mol. The third kappa shape index (κ3) is 2.09. The summed E-state index contributed by atoms with van der Waals surface area (Å²) in [6.45, 7) is 4.06. The highest BCUT2D eigenvalue weighted by atomic mass is 16.3. The van der Waals surface area contributed by atoms with Gasteiger partial charge in [0.15, 0.2) is 0 Å². The van der Waals surface area contributed by atoms with Crippen molar-refractivity contribution in [3.8, 4) is 0 Å². The molecular formula is C9H15NO. The summed E-state index contributed by atoms with van der Waals surface area (Å²) in [5.41, 5.74) is 5.63. The average Bonchev–Trinajstić information content (AvgIpc) is 2.37. The zero-order valence-corrected chi connectivity index (χ0v) is 7.13. The van der Waals surface area contributed by atoms with Crippen LogP contribution in [-0.4, -0.2) is 0 Å². The van der Waals surface area contributed by atoms with Crippen LogP contribution in [0.3, 0.4) is 0 Å². The van der Waals surface area contributed by atoms with Gasteiger partial charge in [-0.25, -0.2) is 0 Å². The normalized spacial score (nSPS) is 13.4. The minimum atomic E-state index is 0.0145. The molecule has 0 fully saturated rings. The van der Waals surface area contributed by atoms with Gasteiger partial charge < -0.3 is 10.2 Å². The quantitative estimate of drug-likeness (QED) is 0.723. The maximum absolute atomic E-state index is 5.63. The highest BCUT2D eigenvalue weighted by Crippen LogP contribution is 2.14. The van der Waals surface area contributed by atoms with Crippen LogP contribution < -0.4 is 5.73 Å². The molecule has 0 unspecified atom stereocenters. The first-order chi connectivity index (χ1) is 5.24. The van der Waals surface area contributed by atoms with Gasteiger partial charge in [-0.1, -0.05) is 6.92 Å². The van der Waals surface area contributed by atoms with Crippen molar-refractivity contribution < 1.29 is 4.42 Å². The van der Waals surface area contributed by atoms with Gasteiger partial charge in [0.1, 0.15) is 11.5 Å². The van der Waals surface area contributed by atoms with Crippen molar-refractivity contribution in [2.45, 2.75) is 32.7 Å². The Balaban J connectivity index is 2.66. The van der Waals surface area contributed by atoms with Crippen molar-refractivity contribution in [2.24, 2.45) is 5.73 Å². The van der Waals surface area contributed by atoms with Crippen LogP contribution in [0.25, 0.3) is 0 Å². The molecule has 1 aromatic rings. The Bertz CT molecular complexity index is 215. The van der Waals surface area contributed by atoms with E-state index in [1.54, 1.807) is 0 Å². The van der Waals surface area contributed by atoms with E-state index < -0.39 is 0 Å². The molecule has 0 amide bonds. The minimum absolute atomic E-state index is 0.0145. The molecule has 62 valence electrons. The Morgan fingerprint density at radius 3 is 2.73 bits per heavy atom. The monoisotopic (exact) mass is 153 g/mol. The summed E-state index contributed by atoms with van der Waals surface area (Å²) in [5.74, 6) is 1.92. The lowest BCUT2D eigenvalue weighted by atomic mass is 10.2. The maximum Gasteiger partial charge on any atom is 0.120 e. The Morgan fingerprint density at radius 2 is 2.27 bits per heavy atom. The molecule has 0 radical (unpaired) electrons. The SMILES string of the molecule is CCCc1ccc([C@H](C)N)o1. The molecule has 0 saturated heterocycles. The van der Waals surface area contributed by atoms with Crippen molar-refractivity contribution in [1.82, 2.24) is 0 Å². The summed E-state index contributed by atoms with van der Waals surface area (Å²) in [6, 6.07) is 3.97. The van der Waals surface area contributed by atoms with Gasteiger partial charge in [0.2, 0.25) is 0 Å². The Labute approximate surface area is 67.4 Å². The van der Waals surface area contributed by atoms with Crippen LogP contribution >= 0.6 is 0 Å². The summed E-state index contributed by atoms with van der Waals surface area (Å²) in [6.07, 6.45) is 2.12. The highest BCUT2D eigenvalue weighted by Gasteiger charge is 2.04. The van der Waals surface area contributed by atoms with Gasteiger partial charge in [0.25, 0.3) is 0 Å². The first kappa shape index (κ1) is 8.34. The molecule has 1 rings (SSSR count). The zero-order chi connectivity index (χ0) is 8.27. The molecule has 0 saturated carbocycles. The third-order valence-corrected chi connectivity index (χ3v) is 1.63. The predicted octanol–water partition coefficient (Wildman–Crippen LogP) is 2.25. The van der Waals surface area contributed by atoms with Crippen molar-refractivity contribution in [3.05, 3.63) is 23.7 Å². The van der Waals surface area contributed by atoms with Crippen molar-refractivity contribution in [2.75, 3.05) is 0 Å². The van der Waals surface area contributed by atoms with Crippen molar-refractivity contribution >= 4 is 0 Å². The Hall–Kier alpha value is -0.760. The number of nitrogens with two attached hydrogens (primary N) is 1. The van der Waals surface area contributed by atoms with Crippen LogP contribution in [0.2, 0.25) is 0 Å². The highest BCUT2D eigenvalue weighted by molar-refractivity contribution is 5.09. The van der Waals surface area contributed by atoms with E-state index in [4.69, 9.17) is 10.2 Å². The Morgan fingerprint density at radius 1 is 1.55 bits per heavy atom. The van der Waals surface area contributed by atoms with Crippen LogP contribution in [0, 0.1) is 0 Å². The molecule has 2 N–H and O–H groups in total. The lowest BCUT2D eigenvalue weighted by Gasteiger charge is -1.98. The summed E-state index contributed by atoms with van der Waals surface area (Å²) in [7, 11) is 0. The van der Waals surface area contributed by atoms with E-state index in [0.717, 1.165) is 24.4 Å². The second kappa shape index (κ2) is 3.58. The molecule has 2 nitrogen and oxygen atoms in total. The smallest absolute Gasteiger partial charge is 0.120 e. The fourth-order valence-electron chi connectivity index (χ4n) is 1.02. The van der Waals surface area contributed by atoms with E-state index >= 15 is 0 Å². The first-order valence-electron chi connectivity index (χ1n) is 4.08. The van der Waals surface area contributed by atoms with Gasteiger partial charge in [-0.2, -0.15) is 0 Å². The largest absolute Gasteiger partial charge is 0.464 e. The molecule has 0 spiro atoms. The average molecular weight is 153 g/mol. The summed E-state index contributed by atoms with van der Waals surface area (Å²) < 4.78 is 5.46.